The fourth-order valence-corrected chi connectivity index (χ4v) is 4.61. The third kappa shape index (κ3) is 4.05. The van der Waals surface area contributed by atoms with Crippen molar-refractivity contribution in [3.05, 3.63) is 88.0 Å². The van der Waals surface area contributed by atoms with Crippen LogP contribution >= 0.6 is 0 Å². The number of ether oxygens (including phenoxy) is 1. The molecule has 164 valence electrons. The lowest BCUT2D eigenvalue weighted by atomic mass is 9.89. The van der Waals surface area contributed by atoms with Gasteiger partial charge in [-0.3, -0.25) is 14.5 Å². The summed E-state index contributed by atoms with van der Waals surface area (Å²) in [4.78, 5) is 26.2. The molecule has 0 N–H and O–H groups in total. The molecule has 1 heterocycles. The lowest BCUT2D eigenvalue weighted by molar-refractivity contribution is 0.0649. The number of fused-ring (bicyclic) bond motifs is 1. The van der Waals surface area contributed by atoms with Gasteiger partial charge in [0, 0.05) is 6.54 Å². The molecule has 0 aromatic heterocycles. The summed E-state index contributed by atoms with van der Waals surface area (Å²) in [7, 11) is 0. The molecular formula is C28H29NO3. The molecule has 3 aromatic carbocycles. The number of hydrogen-bond donors (Lipinski definition) is 0. The van der Waals surface area contributed by atoms with Gasteiger partial charge < -0.3 is 4.74 Å². The highest BCUT2D eigenvalue weighted by atomic mass is 16.5. The maximum absolute atomic E-state index is 12.4. The molecular weight excluding hydrogens is 398 g/mol. The summed E-state index contributed by atoms with van der Waals surface area (Å²) in [6, 6.07) is 17.6. The zero-order valence-corrected chi connectivity index (χ0v) is 19.2. The summed E-state index contributed by atoms with van der Waals surface area (Å²) in [5.41, 5.74) is 8.53. The van der Waals surface area contributed by atoms with E-state index in [4.69, 9.17) is 4.74 Å². The minimum absolute atomic E-state index is 0.195. The first-order chi connectivity index (χ1) is 15.4. The molecule has 4 heteroatoms. The molecule has 0 saturated carbocycles. The quantitative estimate of drug-likeness (QED) is 0.341. The molecule has 32 heavy (non-hydrogen) atoms. The monoisotopic (exact) mass is 427 g/mol. The van der Waals surface area contributed by atoms with E-state index in [2.05, 4.69) is 58.0 Å². The summed E-state index contributed by atoms with van der Waals surface area (Å²) in [6.45, 7) is 9.52. The number of amides is 2. The van der Waals surface area contributed by atoms with Gasteiger partial charge in [-0.15, -0.1) is 0 Å². The normalized spacial score (nSPS) is 12.9. The van der Waals surface area contributed by atoms with Gasteiger partial charge in [0.2, 0.25) is 0 Å². The zero-order valence-electron chi connectivity index (χ0n) is 19.2. The predicted molar refractivity (Wildman–Crippen MR) is 127 cm³/mol. The van der Waals surface area contributed by atoms with Crippen molar-refractivity contribution in [1.29, 1.82) is 0 Å². The van der Waals surface area contributed by atoms with E-state index in [0.717, 1.165) is 12.2 Å². The predicted octanol–water partition coefficient (Wildman–Crippen LogP) is 6.04. The van der Waals surface area contributed by atoms with Crippen molar-refractivity contribution in [2.24, 2.45) is 0 Å². The molecule has 4 nitrogen and oxygen atoms in total. The Balaban J connectivity index is 1.35. The van der Waals surface area contributed by atoms with Crippen molar-refractivity contribution in [2.45, 2.75) is 40.5 Å². The lowest BCUT2D eigenvalue weighted by Crippen LogP contribution is -2.30. The van der Waals surface area contributed by atoms with E-state index in [9.17, 15) is 9.59 Å². The molecule has 0 bridgehead atoms. The number of aryl methyl sites for hydroxylation is 4. The maximum atomic E-state index is 12.4. The zero-order chi connectivity index (χ0) is 22.8. The van der Waals surface area contributed by atoms with E-state index in [1.54, 1.807) is 24.3 Å². The Morgan fingerprint density at radius 3 is 1.78 bits per heavy atom. The Labute approximate surface area is 189 Å². The number of imide groups is 1. The molecule has 1 aliphatic heterocycles. The smallest absolute Gasteiger partial charge is 0.261 e. The molecule has 0 unspecified atom stereocenters. The molecule has 0 atom stereocenters. The SMILES string of the molecule is Cc1cccc(C)c1-c1c(C)cc(OCCCCN2C(=O)c3ccccc3C2=O)cc1C. The van der Waals surface area contributed by atoms with Gasteiger partial charge in [-0.25, -0.2) is 0 Å². The van der Waals surface area contributed by atoms with Crippen molar-refractivity contribution in [1.82, 2.24) is 4.90 Å². The van der Waals surface area contributed by atoms with Gasteiger partial charge in [-0.05, 0) is 98.2 Å². The van der Waals surface area contributed by atoms with E-state index < -0.39 is 0 Å². The third-order valence-electron chi connectivity index (χ3n) is 6.16. The van der Waals surface area contributed by atoms with Crippen LogP contribution < -0.4 is 4.74 Å². The minimum Gasteiger partial charge on any atom is -0.494 e. The van der Waals surface area contributed by atoms with Crippen LogP contribution in [0, 0.1) is 27.7 Å². The average Bonchev–Trinajstić information content (AvgIpc) is 3.00. The van der Waals surface area contributed by atoms with Gasteiger partial charge in [0.15, 0.2) is 0 Å². The van der Waals surface area contributed by atoms with Crippen LogP contribution in [-0.2, 0) is 0 Å². The summed E-state index contributed by atoms with van der Waals surface area (Å²) in [5.74, 6) is 0.468. The maximum Gasteiger partial charge on any atom is 0.261 e. The second-order valence-corrected chi connectivity index (χ2v) is 8.56. The second-order valence-electron chi connectivity index (χ2n) is 8.56. The highest BCUT2D eigenvalue weighted by Gasteiger charge is 2.34. The number of carbonyl (C=O) groups excluding carboxylic acids is 2. The lowest BCUT2D eigenvalue weighted by Gasteiger charge is -2.18. The highest BCUT2D eigenvalue weighted by Crippen LogP contribution is 2.35. The van der Waals surface area contributed by atoms with Crippen molar-refractivity contribution >= 4 is 11.8 Å². The molecule has 0 fully saturated rings. The Morgan fingerprint density at radius 2 is 1.22 bits per heavy atom. The summed E-state index contributed by atoms with van der Waals surface area (Å²) in [5, 5.41) is 0. The molecule has 3 aromatic rings. The van der Waals surface area contributed by atoms with E-state index in [1.807, 2.05) is 0 Å². The summed E-state index contributed by atoms with van der Waals surface area (Å²) in [6.07, 6.45) is 1.48. The van der Waals surface area contributed by atoms with Gasteiger partial charge in [0.25, 0.3) is 11.8 Å². The number of carbonyl (C=O) groups is 2. The third-order valence-corrected chi connectivity index (χ3v) is 6.16. The molecule has 0 saturated heterocycles. The van der Waals surface area contributed by atoms with Crippen molar-refractivity contribution < 1.29 is 14.3 Å². The largest absolute Gasteiger partial charge is 0.494 e. The van der Waals surface area contributed by atoms with E-state index in [0.29, 0.717) is 30.7 Å². The standard InChI is InChI=1S/C28H29NO3/c1-18-10-9-11-19(2)25(18)26-20(3)16-22(17-21(26)4)32-15-8-7-14-29-27(30)23-12-5-6-13-24(23)28(29)31/h5-6,9-13,16-17H,7-8,14-15H2,1-4H3. The van der Waals surface area contributed by atoms with Crippen molar-refractivity contribution in [3.63, 3.8) is 0 Å². The van der Waals surface area contributed by atoms with E-state index in [1.165, 1.54) is 38.3 Å². The Hall–Kier alpha value is -3.40. The number of benzene rings is 3. The number of rotatable bonds is 7. The van der Waals surface area contributed by atoms with Crippen LogP contribution in [0.25, 0.3) is 11.1 Å². The molecule has 0 aliphatic carbocycles. The van der Waals surface area contributed by atoms with Crippen LogP contribution in [-0.4, -0.2) is 29.9 Å². The van der Waals surface area contributed by atoms with Crippen LogP contribution in [0.2, 0.25) is 0 Å². The fraction of sp³-hybridized carbons (Fsp3) is 0.286. The molecule has 4 rings (SSSR count). The van der Waals surface area contributed by atoms with Gasteiger partial charge in [-0.2, -0.15) is 0 Å². The first kappa shape index (κ1) is 21.8. The van der Waals surface area contributed by atoms with E-state index >= 15 is 0 Å². The Bertz CT molecular complexity index is 1120. The van der Waals surface area contributed by atoms with Crippen LogP contribution in [0.4, 0.5) is 0 Å². The Morgan fingerprint density at radius 1 is 0.688 bits per heavy atom. The first-order valence-electron chi connectivity index (χ1n) is 11.1. The number of unbranched alkanes of at least 4 members (excludes halogenated alkanes) is 1. The second kappa shape index (κ2) is 8.99. The van der Waals surface area contributed by atoms with Gasteiger partial charge in [0.1, 0.15) is 5.75 Å². The summed E-state index contributed by atoms with van der Waals surface area (Å²) < 4.78 is 6.01. The Kier molecular flexibility index (Phi) is 6.13. The van der Waals surface area contributed by atoms with Crippen molar-refractivity contribution in [2.75, 3.05) is 13.2 Å². The van der Waals surface area contributed by atoms with Crippen LogP contribution in [0.15, 0.2) is 54.6 Å². The highest BCUT2D eigenvalue weighted by molar-refractivity contribution is 6.21. The van der Waals surface area contributed by atoms with Gasteiger partial charge in [-0.1, -0.05) is 30.3 Å². The average molecular weight is 428 g/mol. The molecule has 2 amide bonds. The van der Waals surface area contributed by atoms with Crippen molar-refractivity contribution in [3.8, 4) is 16.9 Å². The van der Waals surface area contributed by atoms with Crippen LogP contribution in [0.5, 0.6) is 5.75 Å². The summed E-state index contributed by atoms with van der Waals surface area (Å²) >= 11 is 0. The number of hydrogen-bond acceptors (Lipinski definition) is 3. The minimum atomic E-state index is -0.195. The van der Waals surface area contributed by atoms with Gasteiger partial charge in [0.05, 0.1) is 17.7 Å². The molecule has 0 radical (unpaired) electrons. The first-order valence-corrected chi connectivity index (χ1v) is 11.1. The topological polar surface area (TPSA) is 46.6 Å². The van der Waals surface area contributed by atoms with Gasteiger partial charge >= 0.3 is 0 Å². The van der Waals surface area contributed by atoms with E-state index in [-0.39, 0.29) is 11.8 Å². The fourth-order valence-electron chi connectivity index (χ4n) is 4.61. The van der Waals surface area contributed by atoms with Crippen LogP contribution in [0.3, 0.4) is 0 Å². The van der Waals surface area contributed by atoms with Crippen LogP contribution in [0.1, 0.15) is 55.8 Å². The molecule has 1 aliphatic rings. The number of nitrogens with zero attached hydrogens (tertiary/aromatic N) is 1. The molecule has 0 spiro atoms.